The second kappa shape index (κ2) is 12.1. The summed E-state index contributed by atoms with van der Waals surface area (Å²) >= 11 is 14.3. The summed E-state index contributed by atoms with van der Waals surface area (Å²) in [6.45, 7) is 0.0791. The van der Waals surface area contributed by atoms with Gasteiger partial charge in [0.05, 0.1) is 18.2 Å². The molecule has 212 valence electrons. The average Bonchev–Trinajstić information content (AvgIpc) is 3.42. The van der Waals surface area contributed by atoms with Gasteiger partial charge in [0, 0.05) is 39.3 Å². The lowest BCUT2D eigenvalue weighted by molar-refractivity contribution is -0.138. The molecule has 1 fully saturated rings. The summed E-state index contributed by atoms with van der Waals surface area (Å²) in [4.78, 5) is 39.5. The van der Waals surface area contributed by atoms with Gasteiger partial charge >= 0.3 is 0 Å². The molecule has 4 atom stereocenters. The molecule has 40 heavy (non-hydrogen) atoms. The van der Waals surface area contributed by atoms with Crippen molar-refractivity contribution in [2.75, 3.05) is 6.26 Å². The maximum atomic E-state index is 14.2. The maximum Gasteiger partial charge on any atom is 0.255 e. The van der Waals surface area contributed by atoms with Crippen LogP contribution in [0.25, 0.3) is 0 Å². The van der Waals surface area contributed by atoms with Gasteiger partial charge in [0.1, 0.15) is 11.6 Å². The molecule has 9 nitrogen and oxygen atoms in total. The highest BCUT2D eigenvalue weighted by atomic mass is 35.5. The Morgan fingerprint density at radius 2 is 1.93 bits per heavy atom. The lowest BCUT2D eigenvalue weighted by atomic mass is 9.76. The number of fused-ring (bicyclic) bond motifs is 1. The van der Waals surface area contributed by atoms with Crippen LogP contribution in [0.5, 0.6) is 0 Å². The van der Waals surface area contributed by atoms with Gasteiger partial charge in [-0.3, -0.25) is 14.4 Å². The predicted octanol–water partition coefficient (Wildman–Crippen LogP) is 4.84. The van der Waals surface area contributed by atoms with E-state index < -0.39 is 40.0 Å². The van der Waals surface area contributed by atoms with Crippen LogP contribution in [0, 0.1) is 0 Å². The lowest BCUT2D eigenvalue weighted by Gasteiger charge is -2.49. The van der Waals surface area contributed by atoms with E-state index in [2.05, 4.69) is 15.2 Å². The van der Waals surface area contributed by atoms with Crippen molar-refractivity contribution < 1.29 is 22.8 Å². The van der Waals surface area contributed by atoms with Crippen LogP contribution in [0.4, 0.5) is 0 Å². The van der Waals surface area contributed by atoms with E-state index in [1.54, 1.807) is 53.6 Å². The fraction of sp³-hybridized carbons (Fsp3) is 0.370. The number of halogens is 2. The van der Waals surface area contributed by atoms with Gasteiger partial charge in [-0.05, 0) is 42.2 Å². The van der Waals surface area contributed by atoms with Gasteiger partial charge in [0.15, 0.2) is 0 Å². The van der Waals surface area contributed by atoms with E-state index in [0.29, 0.717) is 44.6 Å². The first-order valence-corrected chi connectivity index (χ1v) is 16.3. The van der Waals surface area contributed by atoms with Gasteiger partial charge in [0.25, 0.3) is 11.8 Å². The number of carbonyl (C=O) groups excluding carboxylic acids is 2. The summed E-state index contributed by atoms with van der Waals surface area (Å²) in [6.07, 6.45) is 5.47. The first kappa shape index (κ1) is 29.0. The van der Waals surface area contributed by atoms with E-state index in [-0.39, 0.29) is 12.5 Å². The van der Waals surface area contributed by atoms with Gasteiger partial charge in [0.2, 0.25) is 10.0 Å². The summed E-state index contributed by atoms with van der Waals surface area (Å²) < 4.78 is 27.3. The fourth-order valence-electron chi connectivity index (χ4n) is 5.68. The minimum Gasteiger partial charge on any atom is -0.326 e. The van der Waals surface area contributed by atoms with Crippen molar-refractivity contribution in [3.63, 3.8) is 0 Å². The lowest BCUT2D eigenvalue weighted by Crippen LogP contribution is -2.59. The van der Waals surface area contributed by atoms with E-state index >= 15 is 0 Å². The summed E-state index contributed by atoms with van der Waals surface area (Å²) in [7, 11) is -3.57. The molecule has 1 aliphatic carbocycles. The molecule has 5 rings (SSSR count). The van der Waals surface area contributed by atoms with Crippen LogP contribution in [-0.4, -0.2) is 48.5 Å². The predicted molar refractivity (Wildman–Crippen MR) is 154 cm³/mol. The van der Waals surface area contributed by atoms with Gasteiger partial charge in [-0.25, -0.2) is 23.6 Å². The molecule has 0 unspecified atom stereocenters. The Bertz CT molecular complexity index is 1500. The quantitative estimate of drug-likeness (QED) is 0.347. The third kappa shape index (κ3) is 6.19. The highest BCUT2D eigenvalue weighted by Crippen LogP contribution is 2.47. The number of hydrogen-bond donors (Lipinski definition) is 2. The normalized spacial score (nSPS) is 23.1. The summed E-state index contributed by atoms with van der Waals surface area (Å²) in [6, 6.07) is 9.98. The Balaban J connectivity index is 1.61. The molecule has 0 bridgehead atoms. The monoisotopic (exact) mass is 622 g/mol. The molecule has 1 aromatic heterocycles. The molecule has 2 heterocycles. The molecule has 2 aliphatic rings. The molecule has 3 aromatic rings. The zero-order valence-electron chi connectivity index (χ0n) is 21.5. The SMILES string of the molecule is CS(=O)(=O)N[C@H]1CCCC[C@@H]1N1C(=O)c2ccccc2[C@@H](C(=O)NOCc2nccs2)[C@@H]1c1ccc(Cl)cc1Cl. The van der Waals surface area contributed by atoms with E-state index in [0.717, 1.165) is 19.1 Å². The fourth-order valence-corrected chi connectivity index (χ4v) is 7.56. The van der Waals surface area contributed by atoms with Gasteiger partial charge in [-0.1, -0.05) is 60.3 Å². The Labute approximate surface area is 246 Å². The zero-order chi connectivity index (χ0) is 28.4. The number of thiazole rings is 1. The van der Waals surface area contributed by atoms with Gasteiger partial charge < -0.3 is 4.90 Å². The number of nitrogens with one attached hydrogen (secondary N) is 2. The topological polar surface area (TPSA) is 118 Å². The van der Waals surface area contributed by atoms with Gasteiger partial charge in [-0.2, -0.15) is 0 Å². The van der Waals surface area contributed by atoms with Crippen LogP contribution in [0.3, 0.4) is 0 Å². The first-order chi connectivity index (χ1) is 19.1. The second-order valence-corrected chi connectivity index (χ2v) is 13.5. The Morgan fingerprint density at radius 3 is 2.65 bits per heavy atom. The van der Waals surface area contributed by atoms with E-state index in [4.69, 9.17) is 28.0 Å². The number of hydrogen-bond acceptors (Lipinski definition) is 7. The summed E-state index contributed by atoms with van der Waals surface area (Å²) in [5, 5.41) is 3.20. The van der Waals surface area contributed by atoms with Crippen LogP contribution in [0.15, 0.2) is 54.0 Å². The van der Waals surface area contributed by atoms with Crippen molar-refractivity contribution >= 4 is 56.4 Å². The summed E-state index contributed by atoms with van der Waals surface area (Å²) in [5.41, 5.74) is 3.98. The number of amides is 2. The number of carbonyl (C=O) groups is 2. The third-order valence-corrected chi connectivity index (χ3v) is 9.29. The maximum absolute atomic E-state index is 14.2. The van der Waals surface area contributed by atoms with Crippen molar-refractivity contribution in [1.82, 2.24) is 20.1 Å². The van der Waals surface area contributed by atoms with E-state index in [1.165, 1.54) is 11.3 Å². The first-order valence-electron chi connectivity index (χ1n) is 12.8. The van der Waals surface area contributed by atoms with Crippen molar-refractivity contribution in [2.45, 2.75) is 56.3 Å². The smallest absolute Gasteiger partial charge is 0.255 e. The number of nitrogens with zero attached hydrogens (tertiary/aromatic N) is 2. The molecule has 0 spiro atoms. The highest BCUT2D eigenvalue weighted by Gasteiger charge is 2.49. The van der Waals surface area contributed by atoms with Crippen molar-refractivity contribution in [3.05, 3.63) is 85.8 Å². The molecule has 13 heteroatoms. The largest absolute Gasteiger partial charge is 0.326 e. The number of rotatable bonds is 8. The van der Waals surface area contributed by atoms with Crippen LogP contribution >= 0.6 is 34.5 Å². The zero-order valence-corrected chi connectivity index (χ0v) is 24.7. The molecule has 0 saturated heterocycles. The van der Waals surface area contributed by atoms with Crippen LogP contribution in [0.1, 0.15) is 64.1 Å². The van der Waals surface area contributed by atoms with Crippen LogP contribution in [-0.2, 0) is 26.3 Å². The number of aromatic nitrogens is 1. The van der Waals surface area contributed by atoms with E-state index in [9.17, 15) is 18.0 Å². The minimum absolute atomic E-state index is 0.0791. The number of sulfonamides is 1. The summed E-state index contributed by atoms with van der Waals surface area (Å²) in [5.74, 6) is -1.68. The van der Waals surface area contributed by atoms with Crippen LogP contribution < -0.4 is 10.2 Å². The van der Waals surface area contributed by atoms with Crippen molar-refractivity contribution in [1.29, 1.82) is 0 Å². The molecule has 2 aromatic carbocycles. The molecule has 2 amide bonds. The molecule has 0 radical (unpaired) electrons. The van der Waals surface area contributed by atoms with Crippen LogP contribution in [0.2, 0.25) is 10.0 Å². The van der Waals surface area contributed by atoms with E-state index in [1.807, 2.05) is 5.38 Å². The molecule has 2 N–H and O–H groups in total. The van der Waals surface area contributed by atoms with Crippen molar-refractivity contribution in [3.8, 4) is 0 Å². The second-order valence-electron chi connectivity index (χ2n) is 9.92. The highest BCUT2D eigenvalue weighted by molar-refractivity contribution is 7.88. The molecule has 1 saturated carbocycles. The number of hydroxylamine groups is 1. The minimum atomic E-state index is -3.57. The molecular formula is C27H28Cl2N4O5S2. The molecule has 1 aliphatic heterocycles. The molecular weight excluding hydrogens is 595 g/mol. The van der Waals surface area contributed by atoms with Crippen molar-refractivity contribution in [2.24, 2.45) is 0 Å². The third-order valence-electron chi connectivity index (χ3n) is 7.24. The Morgan fingerprint density at radius 1 is 1.15 bits per heavy atom. The standard InChI is InChI=1S/C27H28Cl2N4O5S2/c1-40(36,37)32-21-8-4-5-9-22(21)33-25(19-11-10-16(28)14-20(19)29)24(17-6-2-3-7-18(17)27(33)35)26(34)31-38-15-23-30-12-13-39-23/h2-3,6-7,10-14,21-22,24-25,32H,4-5,8-9,15H2,1H3,(H,31,34)/t21-,22-,24+,25-/m0/s1. The number of benzene rings is 2. The Kier molecular flexibility index (Phi) is 8.79. The van der Waals surface area contributed by atoms with Gasteiger partial charge in [-0.15, -0.1) is 11.3 Å². The average molecular weight is 624 g/mol. The Hall–Kier alpha value is -2.54.